The highest BCUT2D eigenvalue weighted by atomic mass is 35.5. The molecule has 5 atom stereocenters. The first-order valence-electron chi connectivity index (χ1n) is 18.8. The molecule has 274 valence electrons. The van der Waals surface area contributed by atoms with Crippen LogP contribution in [0.15, 0.2) is 54.6 Å². The van der Waals surface area contributed by atoms with Crippen molar-refractivity contribution in [3.05, 3.63) is 87.4 Å². The second kappa shape index (κ2) is 12.7. The van der Waals surface area contributed by atoms with Gasteiger partial charge in [-0.3, -0.25) is 9.48 Å². The number of nitrogens with zero attached hydrogens (tertiary/aromatic N) is 6. The molecule has 3 saturated heterocycles. The van der Waals surface area contributed by atoms with E-state index >= 15 is 4.39 Å². The van der Waals surface area contributed by atoms with Crippen LogP contribution in [-0.2, 0) is 18.3 Å². The van der Waals surface area contributed by atoms with Gasteiger partial charge in [0.25, 0.3) is 0 Å². The van der Waals surface area contributed by atoms with E-state index in [9.17, 15) is 10.1 Å². The van der Waals surface area contributed by atoms with E-state index in [1.165, 1.54) is 0 Å². The predicted octanol–water partition coefficient (Wildman–Crippen LogP) is 8.62. The maximum atomic E-state index is 17.3. The van der Waals surface area contributed by atoms with Crippen LogP contribution >= 0.6 is 23.2 Å². The number of aryl methyl sites for hydroxylation is 3. The van der Waals surface area contributed by atoms with Gasteiger partial charge >= 0.3 is 0 Å². The Morgan fingerprint density at radius 2 is 1.93 bits per heavy atom. The Hall–Kier alpha value is -4.69. The first kappa shape index (κ1) is 33.8. The lowest BCUT2D eigenvalue weighted by Crippen LogP contribution is -2.41. The van der Waals surface area contributed by atoms with E-state index in [2.05, 4.69) is 22.0 Å². The largest absolute Gasteiger partial charge is 0.471 e. The number of rotatable bonds is 8. The Kier molecular flexibility index (Phi) is 7.95. The number of aromatic nitrogens is 4. The first-order valence-corrected chi connectivity index (χ1v) is 19.6. The number of nitrogens with one attached hydrogen (secondary N) is 1. The number of likely N-dealkylation sites (tertiary alicyclic amines) is 1. The number of benzene rings is 3. The number of carbonyl (C=O) groups excluding carboxylic acids is 1. The number of pyridine rings is 1. The Labute approximate surface area is 321 Å². The van der Waals surface area contributed by atoms with Crippen LogP contribution in [-0.4, -0.2) is 55.4 Å². The molecule has 0 spiro atoms. The monoisotopic (exact) mass is 761 g/mol. The van der Waals surface area contributed by atoms with Crippen LogP contribution in [0.25, 0.3) is 43.8 Å². The summed E-state index contributed by atoms with van der Waals surface area (Å²) in [5.74, 6) is 0.679. The van der Waals surface area contributed by atoms with Crippen LogP contribution in [0.2, 0.25) is 10.0 Å². The quantitative estimate of drug-likeness (QED) is 0.167. The number of amides is 1. The molecule has 5 aliphatic rings. The van der Waals surface area contributed by atoms with Gasteiger partial charge in [-0.05, 0) is 74.4 Å². The Morgan fingerprint density at radius 3 is 2.69 bits per heavy atom. The molecule has 11 rings (SSSR count). The molecule has 5 fully saturated rings. The van der Waals surface area contributed by atoms with Crippen LogP contribution in [0.1, 0.15) is 61.1 Å². The summed E-state index contributed by atoms with van der Waals surface area (Å²) >= 11 is 13.1. The van der Waals surface area contributed by atoms with E-state index in [1.807, 2.05) is 53.9 Å². The van der Waals surface area contributed by atoms with Gasteiger partial charge in [0.15, 0.2) is 5.82 Å². The second-order valence-corrected chi connectivity index (χ2v) is 16.3. The average molecular weight is 763 g/mol. The summed E-state index contributed by atoms with van der Waals surface area (Å²) in [6.45, 7) is 3.29. The average Bonchev–Trinajstić information content (AvgIpc) is 3.52. The summed E-state index contributed by atoms with van der Waals surface area (Å²) in [5, 5.41) is 21.2. The predicted molar refractivity (Wildman–Crippen MR) is 207 cm³/mol. The van der Waals surface area contributed by atoms with Crippen molar-refractivity contribution in [1.29, 1.82) is 5.26 Å². The van der Waals surface area contributed by atoms with E-state index in [-0.39, 0.29) is 53.0 Å². The molecule has 3 aliphatic heterocycles. The SMILES string of the molecule is Cc1nc2c(F)c(-c3cccc(Cl)c3Cl)c(CCC#N)cc2c2c1cc(C1CC(Oc3nn(C)c4ccccc34)CN1C(=O)C1CC1)n2C1C2CNC1C2. The van der Waals surface area contributed by atoms with Gasteiger partial charge in [0.2, 0.25) is 11.8 Å². The molecule has 9 nitrogen and oxygen atoms in total. The minimum absolute atomic E-state index is 0.0269. The van der Waals surface area contributed by atoms with Crippen molar-refractivity contribution in [2.75, 3.05) is 13.1 Å². The van der Waals surface area contributed by atoms with Gasteiger partial charge in [0.05, 0.1) is 51.2 Å². The van der Waals surface area contributed by atoms with Gasteiger partial charge in [0, 0.05) is 71.7 Å². The Balaban J connectivity index is 1.17. The molecule has 12 heteroatoms. The molecule has 2 saturated carbocycles. The molecular weight excluding hydrogens is 724 g/mol. The molecule has 3 aromatic carbocycles. The van der Waals surface area contributed by atoms with E-state index in [0.29, 0.717) is 64.0 Å². The summed E-state index contributed by atoms with van der Waals surface area (Å²) in [5.41, 5.74) is 5.34. The molecule has 3 aromatic heterocycles. The lowest BCUT2D eigenvalue weighted by atomic mass is 9.79. The summed E-state index contributed by atoms with van der Waals surface area (Å²) in [7, 11) is 1.91. The number of ether oxygens (including phenoxy) is 1. The lowest BCUT2D eigenvalue weighted by molar-refractivity contribution is -0.133. The van der Waals surface area contributed by atoms with Gasteiger partial charge in [0.1, 0.15) is 11.6 Å². The van der Waals surface area contributed by atoms with Crippen molar-refractivity contribution in [2.24, 2.45) is 18.9 Å². The molecule has 6 aromatic rings. The minimum Gasteiger partial charge on any atom is -0.471 e. The fourth-order valence-electron chi connectivity index (χ4n) is 9.50. The van der Waals surface area contributed by atoms with Crippen molar-refractivity contribution in [2.45, 2.75) is 69.7 Å². The normalized spacial score (nSPS) is 23.4. The van der Waals surface area contributed by atoms with E-state index in [0.717, 1.165) is 53.3 Å². The number of carbonyl (C=O) groups is 1. The second-order valence-electron chi connectivity index (χ2n) is 15.5. The van der Waals surface area contributed by atoms with Crippen molar-refractivity contribution in [3.8, 4) is 23.1 Å². The molecular formula is C42H38Cl2FN7O2. The molecule has 2 aliphatic carbocycles. The minimum atomic E-state index is -0.485. The molecule has 2 bridgehead atoms. The number of hydrogen-bond acceptors (Lipinski definition) is 6. The molecule has 54 heavy (non-hydrogen) atoms. The van der Waals surface area contributed by atoms with Crippen molar-refractivity contribution >= 4 is 61.8 Å². The summed E-state index contributed by atoms with van der Waals surface area (Å²) in [4.78, 5) is 21.1. The molecule has 0 radical (unpaired) electrons. The molecule has 5 unspecified atom stereocenters. The van der Waals surface area contributed by atoms with Crippen molar-refractivity contribution in [1.82, 2.24) is 29.5 Å². The van der Waals surface area contributed by atoms with Crippen LogP contribution in [0.3, 0.4) is 0 Å². The number of nitriles is 1. The highest BCUT2D eigenvalue weighted by Crippen LogP contribution is 2.51. The fraction of sp³-hybridized carbons (Fsp3) is 0.381. The van der Waals surface area contributed by atoms with Gasteiger partial charge in [-0.2, -0.15) is 5.26 Å². The fourth-order valence-corrected chi connectivity index (χ4v) is 9.89. The van der Waals surface area contributed by atoms with Gasteiger partial charge < -0.3 is 19.5 Å². The Morgan fingerprint density at radius 1 is 1.09 bits per heavy atom. The van der Waals surface area contributed by atoms with Crippen molar-refractivity contribution in [3.63, 3.8) is 0 Å². The maximum absolute atomic E-state index is 17.3. The third-order valence-electron chi connectivity index (χ3n) is 12.2. The topological polar surface area (TPSA) is 101 Å². The molecule has 1 N–H and O–H groups in total. The maximum Gasteiger partial charge on any atom is 0.241 e. The number of halogens is 3. The standard InChI is InChI=1S/C42H38Cl2FN7O2/c1-21-28-18-34(33-17-25(20-51(33)42(53)22-12-13-22)54-41-26-8-3-4-11-32(26)50(2)49-41)52(39-24-16-31(39)47-19-24)40(28)29-15-23(7-6-14-46)35(37(45)38(29)48-21)27-9-5-10-30(43)36(27)44/h3-5,8-11,15,18,22,24-25,31,33,39,47H,6-7,12-13,16-17,19-20H2,1-2H3. The van der Waals surface area contributed by atoms with Gasteiger partial charge in [-0.1, -0.05) is 47.5 Å². The van der Waals surface area contributed by atoms with Crippen LogP contribution in [0.5, 0.6) is 5.88 Å². The first-order chi connectivity index (χ1) is 26.2. The number of para-hydroxylation sites is 1. The smallest absolute Gasteiger partial charge is 0.241 e. The van der Waals surface area contributed by atoms with Crippen LogP contribution in [0.4, 0.5) is 4.39 Å². The summed E-state index contributed by atoms with van der Waals surface area (Å²) in [6, 6.07) is 19.8. The highest BCUT2D eigenvalue weighted by Gasteiger charge is 2.51. The number of hydrogen-bond donors (Lipinski definition) is 1. The van der Waals surface area contributed by atoms with Crippen molar-refractivity contribution < 1.29 is 13.9 Å². The van der Waals surface area contributed by atoms with Crippen LogP contribution < -0.4 is 10.1 Å². The zero-order valence-corrected chi connectivity index (χ0v) is 31.5. The Bertz CT molecular complexity index is 2580. The summed E-state index contributed by atoms with van der Waals surface area (Å²) in [6.07, 6.45) is 3.72. The third-order valence-corrected chi connectivity index (χ3v) is 13.1. The molecule has 1 amide bonds. The van der Waals surface area contributed by atoms with E-state index < -0.39 is 5.82 Å². The van der Waals surface area contributed by atoms with E-state index in [1.54, 1.807) is 18.2 Å². The van der Waals surface area contributed by atoms with Gasteiger partial charge in [-0.25, -0.2) is 9.37 Å². The van der Waals surface area contributed by atoms with Gasteiger partial charge in [-0.15, -0.1) is 5.10 Å². The zero-order chi connectivity index (χ0) is 37.0. The highest BCUT2D eigenvalue weighted by molar-refractivity contribution is 6.43. The lowest BCUT2D eigenvalue weighted by Gasteiger charge is -2.39. The third kappa shape index (κ3) is 5.15. The van der Waals surface area contributed by atoms with Crippen LogP contribution in [0, 0.1) is 35.9 Å². The zero-order valence-electron chi connectivity index (χ0n) is 30.0. The van der Waals surface area contributed by atoms with E-state index in [4.69, 9.17) is 38.0 Å². The number of fused-ring (bicyclic) bond motifs is 5. The summed E-state index contributed by atoms with van der Waals surface area (Å²) < 4.78 is 28.2. The molecule has 6 heterocycles.